The molecule has 0 radical (unpaired) electrons. The fraction of sp³-hybridized carbons (Fsp3) is 0.353. The Balaban J connectivity index is 1.29. The molecule has 3 aromatic heterocycles. The Labute approximate surface area is 148 Å². The van der Waals surface area contributed by atoms with Crippen LogP contribution in [0.1, 0.15) is 10.4 Å². The topological polar surface area (TPSA) is 79.5 Å². The highest BCUT2D eigenvalue weighted by Gasteiger charge is 2.42. The number of carbonyl (C=O) groups excluding carboxylic acids is 1. The Kier molecular flexibility index (Phi) is 3.34. The number of hydrogen-bond acceptors (Lipinski definition) is 6. The molecule has 2 unspecified atom stereocenters. The monoisotopic (exact) mass is 353 g/mol. The normalized spacial score (nSPS) is 22.2. The van der Waals surface area contributed by atoms with Crippen LogP contribution >= 0.6 is 0 Å². The lowest BCUT2D eigenvalue weighted by atomic mass is 10.0. The number of pyridine rings is 1. The molecule has 2 aliphatic heterocycles. The van der Waals surface area contributed by atoms with Crippen molar-refractivity contribution in [1.82, 2.24) is 29.7 Å². The quantitative estimate of drug-likeness (QED) is 0.680. The van der Waals surface area contributed by atoms with E-state index in [0.717, 1.165) is 25.1 Å². The standard InChI is InChI=1S/C17H16FN7O/c18-14-3-11(4-19-5-14)17(26)24-8-12-6-23(7-13(12)9-24)16-2-1-15-21-20-10-25(15)22-16/h1-5,10,12-13H,6-9H2. The Bertz CT molecular complexity index is 976. The third-order valence-corrected chi connectivity index (χ3v) is 5.20. The molecule has 5 heterocycles. The average molecular weight is 353 g/mol. The second kappa shape index (κ2) is 5.72. The number of aromatic nitrogens is 5. The molecule has 26 heavy (non-hydrogen) atoms. The number of rotatable bonds is 2. The molecule has 2 aliphatic rings. The van der Waals surface area contributed by atoms with Crippen molar-refractivity contribution in [2.45, 2.75) is 0 Å². The maximum absolute atomic E-state index is 13.3. The average Bonchev–Trinajstić information content (AvgIpc) is 3.34. The first-order chi connectivity index (χ1) is 12.7. The summed E-state index contributed by atoms with van der Waals surface area (Å²) in [7, 11) is 0. The summed E-state index contributed by atoms with van der Waals surface area (Å²) in [5.41, 5.74) is 1.02. The van der Waals surface area contributed by atoms with Crippen LogP contribution in [-0.4, -0.2) is 61.8 Å². The van der Waals surface area contributed by atoms with Gasteiger partial charge in [0.05, 0.1) is 11.8 Å². The number of anilines is 1. The minimum absolute atomic E-state index is 0.151. The van der Waals surface area contributed by atoms with Crippen LogP contribution < -0.4 is 4.90 Å². The van der Waals surface area contributed by atoms with Gasteiger partial charge in [0.15, 0.2) is 5.65 Å². The number of fused-ring (bicyclic) bond motifs is 2. The lowest BCUT2D eigenvalue weighted by Crippen LogP contribution is -2.33. The number of amides is 1. The zero-order valence-corrected chi connectivity index (χ0v) is 13.9. The molecule has 9 heteroatoms. The lowest BCUT2D eigenvalue weighted by molar-refractivity contribution is 0.0781. The van der Waals surface area contributed by atoms with Gasteiger partial charge in [0, 0.05) is 44.2 Å². The number of hydrogen-bond donors (Lipinski definition) is 0. The molecule has 0 saturated carbocycles. The summed E-state index contributed by atoms with van der Waals surface area (Å²) < 4.78 is 15.0. The van der Waals surface area contributed by atoms with Crippen molar-refractivity contribution in [3.05, 3.63) is 48.3 Å². The van der Waals surface area contributed by atoms with Gasteiger partial charge in [-0.15, -0.1) is 15.3 Å². The molecule has 0 aliphatic carbocycles. The molecule has 2 atom stereocenters. The fourth-order valence-electron chi connectivity index (χ4n) is 3.94. The minimum Gasteiger partial charge on any atom is -0.354 e. The van der Waals surface area contributed by atoms with Crippen LogP contribution in [0.4, 0.5) is 10.2 Å². The Morgan fingerprint density at radius 3 is 2.69 bits per heavy atom. The molecule has 132 valence electrons. The van der Waals surface area contributed by atoms with Crippen LogP contribution in [-0.2, 0) is 0 Å². The Morgan fingerprint density at radius 2 is 1.92 bits per heavy atom. The lowest BCUT2D eigenvalue weighted by Gasteiger charge is -2.22. The van der Waals surface area contributed by atoms with Crippen LogP contribution in [0.15, 0.2) is 36.9 Å². The first kappa shape index (κ1) is 15.2. The molecule has 0 aromatic carbocycles. The van der Waals surface area contributed by atoms with E-state index in [0.29, 0.717) is 36.1 Å². The van der Waals surface area contributed by atoms with Gasteiger partial charge in [0.2, 0.25) is 0 Å². The molecular weight excluding hydrogens is 337 g/mol. The highest BCUT2D eigenvalue weighted by atomic mass is 19.1. The smallest absolute Gasteiger partial charge is 0.255 e. The molecule has 1 amide bonds. The predicted molar refractivity (Wildman–Crippen MR) is 90.1 cm³/mol. The summed E-state index contributed by atoms with van der Waals surface area (Å²) in [6.07, 6.45) is 4.11. The van der Waals surface area contributed by atoms with Gasteiger partial charge in [-0.05, 0) is 18.2 Å². The summed E-state index contributed by atoms with van der Waals surface area (Å²) >= 11 is 0. The molecule has 8 nitrogen and oxygen atoms in total. The molecule has 2 saturated heterocycles. The zero-order valence-electron chi connectivity index (χ0n) is 13.9. The largest absolute Gasteiger partial charge is 0.354 e. The van der Waals surface area contributed by atoms with Gasteiger partial charge in [-0.25, -0.2) is 4.39 Å². The third-order valence-electron chi connectivity index (χ3n) is 5.20. The molecule has 0 spiro atoms. The predicted octanol–water partition coefficient (Wildman–Crippen LogP) is 0.867. The summed E-state index contributed by atoms with van der Waals surface area (Å²) in [5, 5.41) is 12.4. The van der Waals surface area contributed by atoms with Gasteiger partial charge in [0.1, 0.15) is 18.0 Å². The van der Waals surface area contributed by atoms with E-state index in [4.69, 9.17) is 0 Å². The molecule has 5 rings (SSSR count). The van der Waals surface area contributed by atoms with Gasteiger partial charge in [0.25, 0.3) is 5.91 Å². The second-order valence-corrected chi connectivity index (χ2v) is 6.85. The van der Waals surface area contributed by atoms with Crippen LogP contribution in [0, 0.1) is 17.7 Å². The maximum Gasteiger partial charge on any atom is 0.255 e. The van der Waals surface area contributed by atoms with Crippen LogP contribution in [0.2, 0.25) is 0 Å². The summed E-state index contributed by atoms with van der Waals surface area (Å²) in [6, 6.07) is 5.09. The molecule has 2 fully saturated rings. The molecule has 0 bridgehead atoms. The van der Waals surface area contributed by atoms with Crippen LogP contribution in [0.3, 0.4) is 0 Å². The van der Waals surface area contributed by atoms with E-state index in [1.807, 2.05) is 12.1 Å². The summed E-state index contributed by atoms with van der Waals surface area (Å²) in [4.78, 5) is 20.4. The molecule has 3 aromatic rings. The van der Waals surface area contributed by atoms with Gasteiger partial charge >= 0.3 is 0 Å². The van der Waals surface area contributed by atoms with Gasteiger partial charge in [-0.3, -0.25) is 9.78 Å². The van der Waals surface area contributed by atoms with E-state index in [2.05, 4.69) is 25.2 Å². The number of nitrogens with zero attached hydrogens (tertiary/aromatic N) is 7. The van der Waals surface area contributed by atoms with E-state index < -0.39 is 5.82 Å². The van der Waals surface area contributed by atoms with Gasteiger partial charge < -0.3 is 9.80 Å². The summed E-state index contributed by atoms with van der Waals surface area (Å²) in [5.74, 6) is 1.02. The van der Waals surface area contributed by atoms with E-state index >= 15 is 0 Å². The van der Waals surface area contributed by atoms with E-state index in [9.17, 15) is 9.18 Å². The highest BCUT2D eigenvalue weighted by Crippen LogP contribution is 2.33. The van der Waals surface area contributed by atoms with Crippen molar-refractivity contribution < 1.29 is 9.18 Å². The van der Waals surface area contributed by atoms with Crippen LogP contribution in [0.5, 0.6) is 0 Å². The fourth-order valence-corrected chi connectivity index (χ4v) is 3.94. The maximum atomic E-state index is 13.3. The van der Waals surface area contributed by atoms with Crippen molar-refractivity contribution in [2.75, 3.05) is 31.1 Å². The van der Waals surface area contributed by atoms with Crippen molar-refractivity contribution in [3.8, 4) is 0 Å². The zero-order chi connectivity index (χ0) is 17.7. The van der Waals surface area contributed by atoms with E-state index in [-0.39, 0.29) is 5.91 Å². The minimum atomic E-state index is -0.489. The summed E-state index contributed by atoms with van der Waals surface area (Å²) in [6.45, 7) is 3.03. The van der Waals surface area contributed by atoms with Crippen molar-refractivity contribution in [1.29, 1.82) is 0 Å². The highest BCUT2D eigenvalue weighted by molar-refractivity contribution is 5.94. The first-order valence-electron chi connectivity index (χ1n) is 8.49. The molecule has 0 N–H and O–H groups in total. The Hall–Kier alpha value is -3.10. The van der Waals surface area contributed by atoms with Crippen molar-refractivity contribution >= 4 is 17.4 Å². The number of carbonyl (C=O) groups is 1. The molecular formula is C17H16FN7O. The van der Waals surface area contributed by atoms with E-state index in [1.54, 1.807) is 15.7 Å². The van der Waals surface area contributed by atoms with Gasteiger partial charge in [-0.1, -0.05) is 0 Å². The second-order valence-electron chi connectivity index (χ2n) is 6.85. The SMILES string of the molecule is O=C(c1cncc(F)c1)N1CC2CN(c3ccc4nncn4n3)CC2C1. The van der Waals surface area contributed by atoms with Crippen molar-refractivity contribution in [2.24, 2.45) is 11.8 Å². The number of halogens is 1. The van der Waals surface area contributed by atoms with Crippen LogP contribution in [0.25, 0.3) is 5.65 Å². The number of likely N-dealkylation sites (tertiary alicyclic amines) is 1. The van der Waals surface area contributed by atoms with Crippen molar-refractivity contribution in [3.63, 3.8) is 0 Å². The third kappa shape index (κ3) is 2.47. The van der Waals surface area contributed by atoms with E-state index in [1.165, 1.54) is 12.3 Å². The Morgan fingerprint density at radius 1 is 1.12 bits per heavy atom. The first-order valence-corrected chi connectivity index (χ1v) is 8.49. The van der Waals surface area contributed by atoms with Gasteiger partial charge in [-0.2, -0.15) is 4.52 Å².